The van der Waals surface area contributed by atoms with Crippen molar-refractivity contribution >= 4 is 39.8 Å². The van der Waals surface area contributed by atoms with Gasteiger partial charge in [0.05, 0.1) is 5.69 Å². The maximum absolute atomic E-state index is 11.9. The van der Waals surface area contributed by atoms with Crippen LogP contribution in [0.5, 0.6) is 0 Å². The molecule has 1 aliphatic rings. The van der Waals surface area contributed by atoms with Crippen molar-refractivity contribution in [3.8, 4) is 0 Å². The van der Waals surface area contributed by atoms with Gasteiger partial charge in [-0.05, 0) is 42.7 Å². The van der Waals surface area contributed by atoms with Gasteiger partial charge in [0.2, 0.25) is 5.91 Å². The van der Waals surface area contributed by atoms with Gasteiger partial charge in [-0.1, -0.05) is 13.0 Å². The predicted octanol–water partition coefficient (Wildman–Crippen LogP) is 3.98. The van der Waals surface area contributed by atoms with Crippen molar-refractivity contribution in [1.82, 2.24) is 4.98 Å². The molecule has 0 aromatic carbocycles. The second kappa shape index (κ2) is 5.89. The molecule has 1 atom stereocenters. The fourth-order valence-corrected chi connectivity index (χ4v) is 4.08. The molecule has 104 valence electrons. The Morgan fingerprint density at radius 2 is 2.45 bits per heavy atom. The average Bonchev–Trinajstić information content (AvgIpc) is 3.04. The number of nitrogens with one attached hydrogen (secondary N) is 1. The lowest BCUT2D eigenvalue weighted by Gasteiger charge is -2.15. The molecule has 3 nitrogen and oxygen atoms in total. The van der Waals surface area contributed by atoms with Crippen LogP contribution in [0, 0.1) is 5.92 Å². The summed E-state index contributed by atoms with van der Waals surface area (Å²) >= 11 is 3.23. The molecule has 1 unspecified atom stereocenters. The Morgan fingerprint density at radius 1 is 1.55 bits per heavy atom. The van der Waals surface area contributed by atoms with Gasteiger partial charge in [-0.15, -0.1) is 22.7 Å². The summed E-state index contributed by atoms with van der Waals surface area (Å²) in [5, 5.41) is 5.58. The lowest BCUT2D eigenvalue weighted by Crippen LogP contribution is -2.09. The smallest absolute Gasteiger partial charge is 0.250 e. The summed E-state index contributed by atoms with van der Waals surface area (Å²) in [4.78, 5) is 18.8. The van der Waals surface area contributed by atoms with Gasteiger partial charge in [-0.25, -0.2) is 4.98 Å². The highest BCUT2D eigenvalue weighted by Crippen LogP contribution is 2.32. The first kappa shape index (κ1) is 13.5. The number of anilines is 1. The molecule has 0 aliphatic heterocycles. The Kier molecular flexibility index (Phi) is 3.98. The van der Waals surface area contributed by atoms with Gasteiger partial charge >= 0.3 is 0 Å². The van der Waals surface area contributed by atoms with E-state index in [2.05, 4.69) is 17.2 Å². The van der Waals surface area contributed by atoms with E-state index in [9.17, 15) is 4.79 Å². The van der Waals surface area contributed by atoms with Crippen molar-refractivity contribution in [2.45, 2.75) is 26.2 Å². The fraction of sp³-hybridized carbons (Fsp3) is 0.333. The van der Waals surface area contributed by atoms with Crippen LogP contribution in [0.4, 0.5) is 5.13 Å². The van der Waals surface area contributed by atoms with Crippen molar-refractivity contribution in [2.24, 2.45) is 5.92 Å². The summed E-state index contributed by atoms with van der Waals surface area (Å²) in [6.07, 6.45) is 6.72. The van der Waals surface area contributed by atoms with Crippen molar-refractivity contribution in [3.63, 3.8) is 0 Å². The van der Waals surface area contributed by atoms with Gasteiger partial charge in [-0.3, -0.25) is 10.1 Å². The van der Waals surface area contributed by atoms with Crippen LogP contribution in [-0.4, -0.2) is 10.9 Å². The minimum absolute atomic E-state index is 0.113. The highest BCUT2D eigenvalue weighted by Gasteiger charge is 2.20. The SMILES string of the molecule is CC1CCc2nc(NC(=O)C=Cc3cccs3)sc2C1. The second-order valence-corrected chi connectivity index (χ2v) is 7.14. The highest BCUT2D eigenvalue weighted by molar-refractivity contribution is 7.15. The number of hydrogen-bond acceptors (Lipinski definition) is 4. The summed E-state index contributed by atoms with van der Waals surface area (Å²) in [6, 6.07) is 3.95. The third-order valence-corrected chi connectivity index (χ3v) is 5.23. The van der Waals surface area contributed by atoms with Gasteiger partial charge in [0, 0.05) is 15.8 Å². The lowest BCUT2D eigenvalue weighted by atomic mass is 9.93. The van der Waals surface area contributed by atoms with E-state index in [4.69, 9.17) is 0 Å². The minimum Gasteiger partial charge on any atom is -0.298 e. The third kappa shape index (κ3) is 3.16. The van der Waals surface area contributed by atoms with Gasteiger partial charge in [0.25, 0.3) is 0 Å². The summed E-state index contributed by atoms with van der Waals surface area (Å²) in [7, 11) is 0. The molecule has 0 bridgehead atoms. The molecular formula is C15H16N2OS2. The quantitative estimate of drug-likeness (QED) is 0.871. The molecule has 0 radical (unpaired) electrons. The van der Waals surface area contributed by atoms with Crippen LogP contribution in [-0.2, 0) is 17.6 Å². The Labute approximate surface area is 126 Å². The average molecular weight is 304 g/mol. The molecule has 0 saturated heterocycles. The van der Waals surface area contributed by atoms with Gasteiger partial charge in [0.15, 0.2) is 5.13 Å². The third-order valence-electron chi connectivity index (χ3n) is 3.36. The number of nitrogens with zero attached hydrogens (tertiary/aromatic N) is 1. The van der Waals surface area contributed by atoms with E-state index in [0.29, 0.717) is 0 Å². The number of amides is 1. The zero-order valence-corrected chi connectivity index (χ0v) is 12.9. The molecule has 3 rings (SSSR count). The first-order chi connectivity index (χ1) is 9.70. The molecule has 2 aromatic heterocycles. The van der Waals surface area contributed by atoms with Gasteiger partial charge < -0.3 is 0 Å². The summed E-state index contributed by atoms with van der Waals surface area (Å²) in [6.45, 7) is 2.27. The van der Waals surface area contributed by atoms with E-state index >= 15 is 0 Å². The van der Waals surface area contributed by atoms with E-state index in [1.807, 2.05) is 23.6 Å². The molecule has 1 N–H and O–H groups in total. The van der Waals surface area contributed by atoms with Gasteiger partial charge in [0.1, 0.15) is 0 Å². The molecule has 2 aromatic rings. The molecule has 2 heterocycles. The van der Waals surface area contributed by atoms with Crippen molar-refractivity contribution in [1.29, 1.82) is 0 Å². The number of carbonyl (C=O) groups excluding carboxylic acids is 1. The largest absolute Gasteiger partial charge is 0.298 e. The normalized spacial score (nSPS) is 18.1. The van der Waals surface area contributed by atoms with Crippen LogP contribution in [0.1, 0.15) is 28.8 Å². The molecule has 0 saturated carbocycles. The first-order valence-electron chi connectivity index (χ1n) is 6.72. The monoisotopic (exact) mass is 304 g/mol. The summed E-state index contributed by atoms with van der Waals surface area (Å²) < 4.78 is 0. The molecule has 0 spiro atoms. The zero-order chi connectivity index (χ0) is 13.9. The zero-order valence-electron chi connectivity index (χ0n) is 11.3. The molecule has 20 heavy (non-hydrogen) atoms. The maximum Gasteiger partial charge on any atom is 0.250 e. The summed E-state index contributed by atoms with van der Waals surface area (Å²) in [5.41, 5.74) is 1.17. The standard InChI is InChI=1S/C15H16N2OS2/c1-10-4-6-12-13(9-10)20-15(16-12)17-14(18)7-5-11-3-2-8-19-11/h2-3,5,7-8,10H,4,6,9H2,1H3,(H,16,17,18). The fourth-order valence-electron chi connectivity index (χ4n) is 2.28. The molecule has 1 amide bonds. The van der Waals surface area contributed by atoms with Crippen molar-refractivity contribution < 1.29 is 4.79 Å². The number of thiazole rings is 1. The number of rotatable bonds is 3. The number of thiophene rings is 1. The molecule has 1 aliphatic carbocycles. The van der Waals surface area contributed by atoms with E-state index in [-0.39, 0.29) is 5.91 Å². The predicted molar refractivity (Wildman–Crippen MR) is 85.3 cm³/mol. The molecule has 5 heteroatoms. The van der Waals surface area contributed by atoms with Crippen molar-refractivity contribution in [3.05, 3.63) is 39.0 Å². The van der Waals surface area contributed by atoms with E-state index in [1.54, 1.807) is 28.7 Å². The van der Waals surface area contributed by atoms with Crippen LogP contribution in [0.25, 0.3) is 6.08 Å². The van der Waals surface area contributed by atoms with E-state index in [1.165, 1.54) is 17.0 Å². The van der Waals surface area contributed by atoms with Crippen LogP contribution in [0.3, 0.4) is 0 Å². The topological polar surface area (TPSA) is 42.0 Å². The van der Waals surface area contributed by atoms with Gasteiger partial charge in [-0.2, -0.15) is 0 Å². The maximum atomic E-state index is 11.9. The number of fused-ring (bicyclic) bond motifs is 1. The van der Waals surface area contributed by atoms with Crippen LogP contribution in [0.2, 0.25) is 0 Å². The van der Waals surface area contributed by atoms with E-state index in [0.717, 1.165) is 28.8 Å². The first-order valence-corrected chi connectivity index (χ1v) is 8.41. The molecule has 0 fully saturated rings. The number of aromatic nitrogens is 1. The molecular weight excluding hydrogens is 288 g/mol. The minimum atomic E-state index is -0.113. The van der Waals surface area contributed by atoms with Crippen LogP contribution >= 0.6 is 22.7 Å². The van der Waals surface area contributed by atoms with E-state index < -0.39 is 0 Å². The van der Waals surface area contributed by atoms with Crippen molar-refractivity contribution in [2.75, 3.05) is 5.32 Å². The Bertz CT molecular complexity index is 628. The lowest BCUT2D eigenvalue weighted by molar-refractivity contribution is -0.111. The Morgan fingerprint density at radius 3 is 3.25 bits per heavy atom. The highest BCUT2D eigenvalue weighted by atomic mass is 32.1. The number of hydrogen-bond donors (Lipinski definition) is 1. The Balaban J connectivity index is 1.64. The number of carbonyl (C=O) groups is 1. The number of aryl methyl sites for hydroxylation is 1. The second-order valence-electron chi connectivity index (χ2n) is 5.07. The van der Waals surface area contributed by atoms with Crippen LogP contribution < -0.4 is 5.32 Å². The summed E-state index contributed by atoms with van der Waals surface area (Å²) in [5.74, 6) is 0.614. The Hall–Kier alpha value is -1.46. The van der Waals surface area contributed by atoms with Crippen LogP contribution in [0.15, 0.2) is 23.6 Å².